The van der Waals surface area contributed by atoms with E-state index in [0.29, 0.717) is 53.9 Å². The molecule has 0 radical (unpaired) electrons. The van der Waals surface area contributed by atoms with Gasteiger partial charge in [0.25, 0.3) is 23.6 Å². The summed E-state index contributed by atoms with van der Waals surface area (Å²) >= 11 is 9.53. The quantitative estimate of drug-likeness (QED) is 0.0286. The van der Waals surface area contributed by atoms with E-state index >= 15 is 0 Å². The summed E-state index contributed by atoms with van der Waals surface area (Å²) in [5.74, 6) is -1.70. The van der Waals surface area contributed by atoms with Gasteiger partial charge in [-0.3, -0.25) is 24.0 Å². The fourth-order valence-corrected chi connectivity index (χ4v) is 14.2. The molecule has 103 heavy (non-hydrogen) atoms. The van der Waals surface area contributed by atoms with Gasteiger partial charge in [0.1, 0.15) is 0 Å². The first-order valence-electron chi connectivity index (χ1n) is 34.9. The molecule has 19 nitrogen and oxygen atoms in total. The number of carboxylic acid groups (broad SMARTS) is 1. The van der Waals surface area contributed by atoms with Crippen molar-refractivity contribution >= 4 is 102 Å². The Morgan fingerprint density at radius 3 is 1.49 bits per heavy atom. The number of carbonyl (C=O) groups is 6. The first-order valence-corrected chi connectivity index (χ1v) is 35.9. The minimum absolute atomic E-state index is 0.00572. The second kappa shape index (κ2) is 38.7. The molecule has 2 spiro atoms. The molecule has 3 fully saturated rings. The Morgan fingerprint density at radius 2 is 1.04 bits per heavy atom. The van der Waals surface area contributed by atoms with E-state index in [9.17, 15) is 38.5 Å². The number of para-hydroxylation sites is 2. The molecule has 8 aromatic rings. The molecular formula is C80H89B2Cl2N9O10. The number of rotatable bonds is 15. The van der Waals surface area contributed by atoms with Gasteiger partial charge in [0.2, 0.25) is 5.91 Å². The third-order valence-electron chi connectivity index (χ3n) is 19.5. The molecule has 0 bridgehead atoms. The van der Waals surface area contributed by atoms with Crippen molar-refractivity contribution in [3.63, 3.8) is 0 Å². The van der Waals surface area contributed by atoms with Crippen LogP contribution in [-0.4, -0.2) is 148 Å². The van der Waals surface area contributed by atoms with Gasteiger partial charge in [-0.05, 0) is 182 Å². The third-order valence-corrected chi connectivity index (χ3v) is 19.5. The zero-order valence-electron chi connectivity index (χ0n) is 58.2. The van der Waals surface area contributed by atoms with E-state index in [4.69, 9.17) is 38.8 Å². The maximum atomic E-state index is 14.0. The fraction of sp³-hybridized carbons (Fsp3) is 0.312. The summed E-state index contributed by atoms with van der Waals surface area (Å²) in [6.07, 6.45) is 10.5. The zero-order chi connectivity index (χ0) is 73.1. The predicted octanol–water partition coefficient (Wildman–Crippen LogP) is 12.8. The summed E-state index contributed by atoms with van der Waals surface area (Å²) in [6.45, 7) is 6.52. The number of morpholine rings is 1. The summed E-state index contributed by atoms with van der Waals surface area (Å²) < 4.78 is 14.5. The van der Waals surface area contributed by atoms with Crippen LogP contribution >= 0.6 is 23.2 Å². The summed E-state index contributed by atoms with van der Waals surface area (Å²) in [7, 11) is 1.79. The molecule has 3 heterocycles. The molecule has 0 aromatic heterocycles. The second-order valence-electron chi connectivity index (χ2n) is 26.2. The molecule has 5 amide bonds. The Bertz CT molecular complexity index is 4180. The van der Waals surface area contributed by atoms with Crippen LogP contribution in [-0.2, 0) is 31.9 Å². The Hall–Kier alpha value is -9.44. The topological polar surface area (TPSA) is 265 Å². The molecule has 23 heteroatoms. The van der Waals surface area contributed by atoms with Crippen molar-refractivity contribution in [2.45, 2.75) is 83.1 Å². The van der Waals surface area contributed by atoms with Crippen LogP contribution in [0.1, 0.15) is 104 Å². The Kier molecular flexibility index (Phi) is 29.2. The van der Waals surface area contributed by atoms with Crippen molar-refractivity contribution in [3.05, 3.63) is 240 Å². The van der Waals surface area contributed by atoms with Crippen LogP contribution in [0.4, 0.5) is 22.7 Å². The van der Waals surface area contributed by atoms with Gasteiger partial charge in [-0.15, -0.1) is 23.2 Å². The van der Waals surface area contributed by atoms with Gasteiger partial charge in [0.05, 0.1) is 25.1 Å². The SMILES string of the molecule is CB(O)NCC(=O)NC1CCCC12CCN(C(=O)c1ccc(NC(=O)c3ccccc3-c3ccccc3)cc1)c1ccccc1C2.CN1CCOCC1.ClCCl.NC1CCCC12CCN(C(=O)c1ccc(NC(=O)c3ccccc3-c3ccccc3)cc1)c1ccccc1C2.O=BC=NCC(=O)O. The number of hydrogen-bond donors (Lipinski definition) is 7. The Balaban J connectivity index is 0.000000194. The number of anilines is 4. The molecule has 13 rings (SSSR count). The van der Waals surface area contributed by atoms with Gasteiger partial charge in [0, 0.05) is 83.3 Å². The minimum atomic E-state index is -1.04. The molecule has 4 atom stereocenters. The number of carboxylic acids is 1. The van der Waals surface area contributed by atoms with Crippen LogP contribution in [0.5, 0.6) is 0 Å². The molecule has 1 saturated heterocycles. The number of halogens is 2. The second-order valence-corrected chi connectivity index (χ2v) is 27.0. The number of aliphatic imine (C=N–C) groups is 1. The number of amides is 5. The summed E-state index contributed by atoms with van der Waals surface area (Å²) in [4.78, 5) is 85.9. The summed E-state index contributed by atoms with van der Waals surface area (Å²) in [6, 6.07) is 65.5. The van der Waals surface area contributed by atoms with Crippen LogP contribution in [0.2, 0.25) is 6.82 Å². The summed E-state index contributed by atoms with van der Waals surface area (Å²) in [5.41, 5.74) is 17.9. The van der Waals surface area contributed by atoms with Gasteiger partial charge >= 0.3 is 52.4 Å². The third kappa shape index (κ3) is 21.3. The molecule has 3 aliphatic heterocycles. The molecular weight excluding hydrogens is 1340 g/mol. The first-order chi connectivity index (χ1) is 49.9. The number of nitrogens with two attached hydrogens (primary N) is 1. The zero-order valence-corrected chi connectivity index (χ0v) is 59.7. The normalized spacial score (nSPS) is 18.7. The number of fused-ring (bicyclic) bond motifs is 2. The Morgan fingerprint density at radius 1 is 0.602 bits per heavy atom. The molecule has 5 aliphatic rings. The maximum absolute atomic E-state index is 14.0. The number of benzene rings is 8. The first kappa shape index (κ1) is 77.7. The van der Waals surface area contributed by atoms with Crippen molar-refractivity contribution in [1.29, 1.82) is 0 Å². The number of alkyl halides is 2. The van der Waals surface area contributed by atoms with Crippen LogP contribution < -0.4 is 36.7 Å². The van der Waals surface area contributed by atoms with Crippen molar-refractivity contribution in [2.24, 2.45) is 21.6 Å². The van der Waals surface area contributed by atoms with E-state index in [0.717, 1.165) is 136 Å². The number of aliphatic carboxylic acids is 1. The van der Waals surface area contributed by atoms with Gasteiger partial charge in [-0.2, -0.15) is 0 Å². The van der Waals surface area contributed by atoms with Crippen LogP contribution in [0.25, 0.3) is 22.3 Å². The van der Waals surface area contributed by atoms with Crippen LogP contribution in [0.15, 0.2) is 211 Å². The van der Waals surface area contributed by atoms with E-state index in [1.165, 1.54) is 5.56 Å². The number of hydrogen-bond acceptors (Lipinski definition) is 13. The van der Waals surface area contributed by atoms with E-state index in [2.05, 4.69) is 56.3 Å². The molecule has 4 unspecified atom stereocenters. The number of likely N-dealkylation sites (N-methyl/N-ethyl adjacent to an activating group) is 1. The summed E-state index contributed by atoms with van der Waals surface area (Å²) in [5, 5.41) is 29.6. The van der Waals surface area contributed by atoms with E-state index in [-0.39, 0.29) is 70.9 Å². The van der Waals surface area contributed by atoms with Gasteiger partial charge in [0.15, 0.2) is 0 Å². The molecule has 8 aromatic carbocycles. The van der Waals surface area contributed by atoms with E-state index in [1.54, 1.807) is 55.4 Å². The van der Waals surface area contributed by atoms with Crippen molar-refractivity contribution in [2.75, 3.05) is 85.3 Å². The van der Waals surface area contributed by atoms with Crippen LogP contribution in [0, 0.1) is 10.8 Å². The number of nitrogens with zero attached hydrogens (tertiary/aromatic N) is 4. The molecule has 8 N–H and O–H groups in total. The number of ether oxygens (including phenoxy) is 1. The van der Waals surface area contributed by atoms with Gasteiger partial charge < -0.3 is 51.4 Å². The van der Waals surface area contributed by atoms with Gasteiger partial charge in [-0.25, -0.2) is 0 Å². The number of nitrogens with one attached hydrogen (secondary N) is 4. The van der Waals surface area contributed by atoms with E-state index < -0.39 is 13.0 Å². The van der Waals surface area contributed by atoms with Crippen molar-refractivity contribution in [3.8, 4) is 22.3 Å². The monoisotopic (exact) mass is 1430 g/mol. The molecule has 534 valence electrons. The predicted molar refractivity (Wildman–Crippen MR) is 412 cm³/mol. The number of carbonyl (C=O) groups excluding carboxylic acids is 5. The molecule has 2 aliphatic carbocycles. The fourth-order valence-electron chi connectivity index (χ4n) is 14.2. The van der Waals surface area contributed by atoms with Crippen molar-refractivity contribution in [1.82, 2.24) is 15.4 Å². The van der Waals surface area contributed by atoms with E-state index in [1.807, 2.05) is 149 Å². The van der Waals surface area contributed by atoms with Gasteiger partial charge in [-0.1, -0.05) is 146 Å². The Labute approximate surface area is 614 Å². The van der Waals surface area contributed by atoms with Crippen LogP contribution in [0.3, 0.4) is 0 Å². The average molecular weight is 1430 g/mol. The standard InChI is InChI=1S/C37H39BN4O4.C34H33N3O2.C5H11NO.C3H4BNO3.CH2Cl2/c1-38(46)39-25-34(43)41-33-16-9-21-37(33)22-23-42(32-15-8-5-12-28(32)24-37)36(45)27-17-19-29(20-18-27)40-35(44)31-14-7-6-13-30(31)26-10-3-2-4-11-26;35-31-15-8-20-34(31)21-22-37(30-14-7-4-11-26(30)23-34)33(39)25-16-18-27(19-17-25)36-32(38)29-13-6-5-12-28(29)24-9-2-1-3-10-24;1-6-2-4-7-5-3-6;6-3(7)1-5-2-4-8;2-1-3/h2-8,10-15,17-20,33,39,46H,9,16,21-25H2,1H3,(H,40,44)(H,41,43);1-7,9-14,16-19,31H,8,15,20-23,35H2,(H,36,38);2-5H2,1H3;2H,1H2,(H,6,7);1H2. The average Bonchev–Trinajstić information content (AvgIpc) is 1.63. The van der Waals surface area contributed by atoms with Crippen molar-refractivity contribution < 1.29 is 48.3 Å². The molecule has 2 saturated carbocycles.